The van der Waals surface area contributed by atoms with E-state index in [1.165, 1.54) is 43.5 Å². The van der Waals surface area contributed by atoms with Gasteiger partial charge in [0.1, 0.15) is 11.7 Å². The van der Waals surface area contributed by atoms with E-state index < -0.39 is 27.5 Å². The Labute approximate surface area is 216 Å². The zero-order valence-corrected chi connectivity index (χ0v) is 21.5. The van der Waals surface area contributed by atoms with Gasteiger partial charge >= 0.3 is 5.97 Å². The second-order valence-electron chi connectivity index (χ2n) is 8.39. The first-order valence-electron chi connectivity index (χ1n) is 10.9. The van der Waals surface area contributed by atoms with Crippen molar-refractivity contribution in [1.82, 2.24) is 4.90 Å². The van der Waals surface area contributed by atoms with Crippen LogP contribution in [0.15, 0.2) is 57.4 Å². The van der Waals surface area contributed by atoms with Gasteiger partial charge < -0.3 is 9.47 Å². The molecule has 13 heteroatoms. The number of benzene rings is 2. The van der Waals surface area contributed by atoms with Crippen molar-refractivity contribution in [2.24, 2.45) is 15.3 Å². The molecule has 2 heterocycles. The number of fused-ring (bicyclic) bond motifs is 1. The molecule has 0 radical (unpaired) electrons. The topological polar surface area (TPSA) is 139 Å². The molecule has 1 amide bonds. The maximum Gasteiger partial charge on any atom is 0.343 e. The van der Waals surface area contributed by atoms with Crippen molar-refractivity contribution >= 4 is 55.9 Å². The van der Waals surface area contributed by atoms with Gasteiger partial charge in [-0.3, -0.25) is 10.2 Å². The van der Waals surface area contributed by atoms with Crippen LogP contribution in [0.1, 0.15) is 29.8 Å². The number of rotatable bonds is 6. The van der Waals surface area contributed by atoms with Crippen LogP contribution in [0.5, 0.6) is 11.5 Å². The number of hydrogen-bond acceptors (Lipinski definition) is 9. The zero-order valence-electron chi connectivity index (χ0n) is 19.9. The molecule has 2 aliphatic heterocycles. The molecule has 0 fully saturated rings. The molecule has 0 atom stereocenters. The summed E-state index contributed by atoms with van der Waals surface area (Å²) in [5.41, 5.74) is 0.385. The number of nitrogens with zero attached hydrogens (tertiary/aromatic N) is 3. The van der Waals surface area contributed by atoms with E-state index in [-0.39, 0.29) is 50.5 Å². The molecule has 0 bridgehead atoms. The lowest BCUT2D eigenvalue weighted by atomic mass is 10.1. The number of halogens is 1. The fourth-order valence-corrected chi connectivity index (χ4v) is 6.21. The van der Waals surface area contributed by atoms with E-state index in [1.807, 2.05) is 0 Å². The van der Waals surface area contributed by atoms with Crippen molar-refractivity contribution in [3.8, 4) is 11.5 Å². The van der Waals surface area contributed by atoms with Crippen LogP contribution in [-0.4, -0.2) is 54.2 Å². The van der Waals surface area contributed by atoms with E-state index in [1.54, 1.807) is 13.8 Å². The lowest BCUT2D eigenvalue weighted by Gasteiger charge is -2.24. The van der Waals surface area contributed by atoms with Crippen LogP contribution in [0.4, 0.5) is 4.39 Å². The van der Waals surface area contributed by atoms with Gasteiger partial charge in [-0.1, -0.05) is 19.9 Å². The Kier molecular flexibility index (Phi) is 7.28. The SMILES string of the molecule is COc1cc(/C=C2/C(=N)N3C(=NC2=O)SN=C3S(=O)(=O)CC(C)C)ccc1OC(=O)c1ccc(F)cc1. The predicted octanol–water partition coefficient (Wildman–Crippen LogP) is 3.70. The first-order chi connectivity index (χ1) is 17.5. The van der Waals surface area contributed by atoms with Crippen LogP contribution < -0.4 is 9.47 Å². The first-order valence-corrected chi connectivity index (χ1v) is 13.3. The molecule has 2 aromatic rings. The second kappa shape index (κ2) is 10.3. The van der Waals surface area contributed by atoms with Crippen LogP contribution in [0.2, 0.25) is 0 Å². The Morgan fingerprint density at radius 2 is 1.89 bits per heavy atom. The highest BCUT2D eigenvalue weighted by molar-refractivity contribution is 8.16. The highest BCUT2D eigenvalue weighted by Crippen LogP contribution is 2.33. The van der Waals surface area contributed by atoms with Gasteiger partial charge in [-0.05, 0) is 54.0 Å². The Balaban J connectivity index is 1.61. The molecule has 2 aliphatic rings. The number of ether oxygens (including phenoxy) is 2. The highest BCUT2D eigenvalue weighted by Gasteiger charge is 2.42. The zero-order chi connectivity index (χ0) is 26.9. The molecule has 37 heavy (non-hydrogen) atoms. The molecule has 2 aromatic carbocycles. The molecule has 1 N–H and O–H groups in total. The van der Waals surface area contributed by atoms with Gasteiger partial charge in [0, 0.05) is 0 Å². The van der Waals surface area contributed by atoms with E-state index in [0.717, 1.165) is 29.0 Å². The number of methoxy groups -OCH3 is 1. The van der Waals surface area contributed by atoms with Gasteiger partial charge in [0.05, 0.1) is 35.9 Å². The third-order valence-corrected chi connectivity index (χ3v) is 7.86. The summed E-state index contributed by atoms with van der Waals surface area (Å²) in [5, 5.41) is 8.22. The van der Waals surface area contributed by atoms with Crippen LogP contribution >= 0.6 is 11.9 Å². The van der Waals surface area contributed by atoms with Gasteiger partial charge in [0.25, 0.3) is 5.91 Å². The monoisotopic (exact) mass is 544 g/mol. The summed E-state index contributed by atoms with van der Waals surface area (Å²) in [4.78, 5) is 30.0. The maximum absolute atomic E-state index is 13.1. The third-order valence-electron chi connectivity index (χ3n) is 5.11. The Bertz CT molecular complexity index is 1500. The average molecular weight is 545 g/mol. The second-order valence-corrected chi connectivity index (χ2v) is 11.0. The quantitative estimate of drug-likeness (QED) is 0.251. The van der Waals surface area contributed by atoms with E-state index in [4.69, 9.17) is 14.9 Å². The minimum atomic E-state index is -3.82. The van der Waals surface area contributed by atoms with Crippen LogP contribution in [0, 0.1) is 17.1 Å². The van der Waals surface area contributed by atoms with Crippen molar-refractivity contribution in [3.63, 3.8) is 0 Å². The third kappa shape index (κ3) is 5.47. The van der Waals surface area contributed by atoms with Gasteiger partial charge in [0.2, 0.25) is 20.2 Å². The number of sulfone groups is 1. The van der Waals surface area contributed by atoms with Crippen LogP contribution in [0.3, 0.4) is 0 Å². The van der Waals surface area contributed by atoms with E-state index in [2.05, 4.69) is 9.39 Å². The van der Waals surface area contributed by atoms with Crippen molar-refractivity contribution < 1.29 is 31.9 Å². The fraction of sp³-hybridized carbons (Fsp3) is 0.208. The largest absolute Gasteiger partial charge is 0.493 e. The molecule has 0 aliphatic carbocycles. The normalized spacial score (nSPS) is 16.6. The summed E-state index contributed by atoms with van der Waals surface area (Å²) in [7, 11) is -2.47. The molecule has 10 nitrogen and oxygen atoms in total. The summed E-state index contributed by atoms with van der Waals surface area (Å²) in [6, 6.07) is 9.27. The molecule has 0 saturated carbocycles. The average Bonchev–Trinajstić information content (AvgIpc) is 3.27. The highest BCUT2D eigenvalue weighted by atomic mass is 32.2. The first kappa shape index (κ1) is 26.2. The lowest BCUT2D eigenvalue weighted by molar-refractivity contribution is -0.114. The molecule has 0 unspecified atom stereocenters. The Morgan fingerprint density at radius 3 is 2.54 bits per heavy atom. The Hall–Kier alpha value is -3.84. The van der Waals surface area contributed by atoms with Crippen molar-refractivity contribution in [3.05, 3.63) is 65.0 Å². The number of esters is 1. The summed E-state index contributed by atoms with van der Waals surface area (Å²) >= 11 is 0.723. The summed E-state index contributed by atoms with van der Waals surface area (Å²) in [6.07, 6.45) is 1.36. The number of carbonyl (C=O) groups is 2. The number of aliphatic imine (C=N–C) groups is 1. The van der Waals surface area contributed by atoms with Gasteiger partial charge in [-0.2, -0.15) is 9.39 Å². The molecular formula is C24H21FN4O6S2. The molecule has 0 saturated heterocycles. The molecular weight excluding hydrogens is 523 g/mol. The molecule has 192 valence electrons. The number of nitrogens with one attached hydrogen (secondary N) is 1. The van der Waals surface area contributed by atoms with E-state index in [9.17, 15) is 22.4 Å². The maximum atomic E-state index is 13.1. The standard InChI is InChI=1S/C24H21FN4O6S2/c1-13(2)12-37(32,33)24-28-36-23-27-21(30)17(20(26)29(23)24)10-14-4-9-18(19(11-14)34-3)35-22(31)15-5-7-16(25)8-6-15/h4-11,13,26H,12H2,1-3H3/b17-10-,26-20?. The number of hydrogen-bond donors (Lipinski definition) is 1. The number of carbonyl (C=O) groups excluding carboxylic acids is 2. The molecule has 0 aromatic heterocycles. The van der Waals surface area contributed by atoms with Crippen molar-refractivity contribution in [1.29, 1.82) is 5.41 Å². The van der Waals surface area contributed by atoms with Crippen LogP contribution in [0.25, 0.3) is 6.08 Å². The minimum absolute atomic E-state index is 0.00452. The summed E-state index contributed by atoms with van der Waals surface area (Å²) in [5.74, 6) is -2.44. The number of amides is 1. The lowest BCUT2D eigenvalue weighted by Crippen LogP contribution is -2.46. The van der Waals surface area contributed by atoms with Crippen molar-refractivity contribution in [2.45, 2.75) is 13.8 Å². The molecule has 4 rings (SSSR count). The Morgan fingerprint density at radius 1 is 1.19 bits per heavy atom. The number of amidine groups is 3. The molecule has 0 spiro atoms. The van der Waals surface area contributed by atoms with E-state index >= 15 is 0 Å². The summed E-state index contributed by atoms with van der Waals surface area (Å²) in [6.45, 7) is 3.50. The van der Waals surface area contributed by atoms with Crippen molar-refractivity contribution in [2.75, 3.05) is 12.9 Å². The fourth-order valence-electron chi connectivity index (χ4n) is 3.48. The smallest absolute Gasteiger partial charge is 0.343 e. The van der Waals surface area contributed by atoms with Gasteiger partial charge in [0.15, 0.2) is 11.5 Å². The van der Waals surface area contributed by atoms with Crippen LogP contribution in [-0.2, 0) is 14.6 Å². The minimum Gasteiger partial charge on any atom is -0.493 e. The van der Waals surface area contributed by atoms with Gasteiger partial charge in [-0.15, -0.1) is 0 Å². The summed E-state index contributed by atoms with van der Waals surface area (Å²) < 4.78 is 53.3. The van der Waals surface area contributed by atoms with E-state index in [0.29, 0.717) is 5.56 Å². The van der Waals surface area contributed by atoms with Gasteiger partial charge in [-0.25, -0.2) is 22.5 Å². The predicted molar refractivity (Wildman–Crippen MR) is 138 cm³/mol.